The zero-order valence-electron chi connectivity index (χ0n) is 17.7. The number of allylic oxidation sites excluding steroid dienone is 6. The molecule has 3 rings (SSSR count). The summed E-state index contributed by atoms with van der Waals surface area (Å²) in [6.45, 7) is 5.32. The van der Waals surface area contributed by atoms with Crippen molar-refractivity contribution in [2.75, 3.05) is 12.3 Å². The van der Waals surface area contributed by atoms with Crippen molar-refractivity contribution in [1.82, 2.24) is 4.90 Å². The van der Waals surface area contributed by atoms with Crippen LogP contribution in [0, 0.1) is 5.41 Å². The van der Waals surface area contributed by atoms with Gasteiger partial charge in [0.15, 0.2) is 0 Å². The summed E-state index contributed by atoms with van der Waals surface area (Å²) in [6.07, 6.45) is 13.1. The van der Waals surface area contributed by atoms with E-state index in [0.717, 1.165) is 25.7 Å². The third-order valence-electron chi connectivity index (χ3n) is 6.35. The largest absolute Gasteiger partial charge is 0.371 e. The lowest BCUT2D eigenvalue weighted by Gasteiger charge is -2.36. The number of likely N-dealkylation sites (tertiary alicyclic amines) is 1. The SMILES string of the molecule is CC1(C)\C(=C/C=C/C=C/C=O)N(CCCCS(=O)(=O)O)C2CCc3ccccc3C21. The fourth-order valence-corrected chi connectivity index (χ4v) is 5.71. The summed E-state index contributed by atoms with van der Waals surface area (Å²) >= 11 is 0. The average Bonchev–Trinajstić information content (AvgIpc) is 2.91. The van der Waals surface area contributed by atoms with Crippen LogP contribution >= 0.6 is 0 Å². The second-order valence-corrected chi connectivity index (χ2v) is 10.2. The summed E-state index contributed by atoms with van der Waals surface area (Å²) < 4.78 is 31.2. The van der Waals surface area contributed by atoms with Gasteiger partial charge in [0.1, 0.15) is 6.29 Å². The Kier molecular flexibility index (Phi) is 6.98. The van der Waals surface area contributed by atoms with Gasteiger partial charge in [-0.15, -0.1) is 0 Å². The van der Waals surface area contributed by atoms with Crippen LogP contribution < -0.4 is 0 Å². The highest BCUT2D eigenvalue weighted by molar-refractivity contribution is 7.85. The van der Waals surface area contributed by atoms with E-state index >= 15 is 0 Å². The van der Waals surface area contributed by atoms with Gasteiger partial charge in [0, 0.05) is 29.6 Å². The van der Waals surface area contributed by atoms with Gasteiger partial charge in [0.2, 0.25) is 0 Å². The van der Waals surface area contributed by atoms with E-state index in [-0.39, 0.29) is 11.2 Å². The fraction of sp³-hybridized carbons (Fsp3) is 0.458. The van der Waals surface area contributed by atoms with Crippen LogP contribution in [-0.2, 0) is 21.3 Å². The molecule has 1 heterocycles. The van der Waals surface area contributed by atoms with E-state index in [9.17, 15) is 13.2 Å². The molecule has 0 spiro atoms. The number of unbranched alkanes of at least 4 members (excludes halogenated alkanes) is 1. The molecule has 5 nitrogen and oxygen atoms in total. The molecule has 0 amide bonds. The minimum absolute atomic E-state index is 0.0804. The molecule has 2 atom stereocenters. The highest BCUT2D eigenvalue weighted by Crippen LogP contribution is 2.56. The molecule has 1 aromatic rings. The van der Waals surface area contributed by atoms with Crippen molar-refractivity contribution in [2.24, 2.45) is 5.41 Å². The minimum Gasteiger partial charge on any atom is -0.371 e. The van der Waals surface area contributed by atoms with Gasteiger partial charge >= 0.3 is 0 Å². The average molecular weight is 430 g/mol. The van der Waals surface area contributed by atoms with Gasteiger partial charge in [-0.1, -0.05) is 56.3 Å². The van der Waals surface area contributed by atoms with Gasteiger partial charge in [0.05, 0.1) is 5.75 Å². The highest BCUT2D eigenvalue weighted by Gasteiger charge is 2.52. The summed E-state index contributed by atoms with van der Waals surface area (Å²) in [4.78, 5) is 12.9. The Morgan fingerprint density at radius 3 is 2.60 bits per heavy atom. The molecule has 0 saturated carbocycles. The lowest BCUT2D eigenvalue weighted by Crippen LogP contribution is -2.35. The molecule has 0 radical (unpaired) electrons. The van der Waals surface area contributed by atoms with Gasteiger partial charge in [-0.2, -0.15) is 8.42 Å². The molecule has 1 aliphatic heterocycles. The smallest absolute Gasteiger partial charge is 0.264 e. The standard InChI is InChI=1S/C24H31NO4S/c1-24(2)22(13-5-3-4-9-17-26)25(16-8-10-18-30(27,28)29)21-15-14-19-11-6-7-12-20(19)23(21)24/h3-7,9,11-13,17,21,23H,8,10,14-16,18H2,1-2H3,(H,27,28,29)/b5-3+,9-4+,22-13+. The minimum atomic E-state index is -3.92. The van der Waals surface area contributed by atoms with Crippen molar-refractivity contribution < 1.29 is 17.8 Å². The first-order valence-corrected chi connectivity index (χ1v) is 12.2. The molecule has 30 heavy (non-hydrogen) atoms. The van der Waals surface area contributed by atoms with Crippen LogP contribution in [0.5, 0.6) is 0 Å². The lowest BCUT2D eigenvalue weighted by molar-refractivity contribution is -0.104. The summed E-state index contributed by atoms with van der Waals surface area (Å²) in [7, 11) is -3.92. The fourth-order valence-electron chi connectivity index (χ4n) is 5.14. The van der Waals surface area contributed by atoms with Crippen LogP contribution in [-0.4, -0.2) is 42.5 Å². The molecule has 1 N–H and O–H groups in total. The number of rotatable bonds is 8. The quantitative estimate of drug-likeness (QED) is 0.219. The predicted molar refractivity (Wildman–Crippen MR) is 120 cm³/mol. The van der Waals surface area contributed by atoms with Gasteiger partial charge in [-0.05, 0) is 49.0 Å². The maximum Gasteiger partial charge on any atom is 0.264 e. The number of carbonyl (C=O) groups excluding carboxylic acids is 1. The topological polar surface area (TPSA) is 74.7 Å². The number of hydrogen-bond acceptors (Lipinski definition) is 4. The molecule has 6 heteroatoms. The number of carbonyl (C=O) groups is 1. The van der Waals surface area contributed by atoms with E-state index < -0.39 is 10.1 Å². The van der Waals surface area contributed by atoms with Crippen molar-refractivity contribution in [3.05, 3.63) is 71.5 Å². The van der Waals surface area contributed by atoms with Crippen LogP contribution in [0.4, 0.5) is 0 Å². The van der Waals surface area contributed by atoms with E-state index in [1.54, 1.807) is 6.08 Å². The molecule has 1 aromatic carbocycles. The molecule has 1 aliphatic carbocycles. The Morgan fingerprint density at radius 2 is 1.87 bits per heavy atom. The Morgan fingerprint density at radius 1 is 1.13 bits per heavy atom. The molecule has 2 aliphatic rings. The number of fused-ring (bicyclic) bond motifs is 3. The summed E-state index contributed by atoms with van der Waals surface area (Å²) in [5.74, 6) is 0.172. The van der Waals surface area contributed by atoms with Crippen molar-refractivity contribution in [3.63, 3.8) is 0 Å². The lowest BCUT2D eigenvalue weighted by atomic mass is 9.68. The van der Waals surface area contributed by atoms with Crippen molar-refractivity contribution >= 4 is 16.4 Å². The van der Waals surface area contributed by atoms with E-state index in [1.165, 1.54) is 22.9 Å². The van der Waals surface area contributed by atoms with Gasteiger partial charge < -0.3 is 4.90 Å². The van der Waals surface area contributed by atoms with Crippen LogP contribution in [0.15, 0.2) is 60.3 Å². The number of aldehydes is 1. The van der Waals surface area contributed by atoms with E-state index in [0.29, 0.717) is 24.8 Å². The van der Waals surface area contributed by atoms with Crippen molar-refractivity contribution in [1.29, 1.82) is 0 Å². The normalized spacial score (nSPS) is 24.5. The first-order valence-electron chi connectivity index (χ1n) is 10.5. The summed E-state index contributed by atoms with van der Waals surface area (Å²) in [5, 5.41) is 0. The molecule has 0 bridgehead atoms. The third kappa shape index (κ3) is 4.93. The first kappa shape index (κ1) is 22.5. The van der Waals surface area contributed by atoms with Crippen LogP contribution in [0.2, 0.25) is 0 Å². The number of hydrogen-bond donors (Lipinski definition) is 1. The highest BCUT2D eigenvalue weighted by atomic mass is 32.2. The maximum absolute atomic E-state index is 11.1. The summed E-state index contributed by atoms with van der Waals surface area (Å²) in [6, 6.07) is 9.05. The molecule has 0 aromatic heterocycles. The predicted octanol–water partition coefficient (Wildman–Crippen LogP) is 4.29. The Bertz CT molecular complexity index is 959. The first-order chi connectivity index (χ1) is 14.3. The van der Waals surface area contributed by atoms with Crippen LogP contribution in [0.1, 0.15) is 50.2 Å². The van der Waals surface area contributed by atoms with Crippen molar-refractivity contribution in [2.45, 2.75) is 51.5 Å². The summed E-state index contributed by atoms with van der Waals surface area (Å²) in [5.41, 5.74) is 3.98. The third-order valence-corrected chi connectivity index (χ3v) is 7.15. The van der Waals surface area contributed by atoms with Crippen molar-refractivity contribution in [3.8, 4) is 0 Å². The maximum atomic E-state index is 11.1. The van der Waals surface area contributed by atoms with Gasteiger partial charge in [-0.25, -0.2) is 0 Å². The van der Waals surface area contributed by atoms with Gasteiger partial charge in [0.25, 0.3) is 10.1 Å². The number of nitrogens with zero attached hydrogens (tertiary/aromatic N) is 1. The molecule has 1 saturated heterocycles. The molecule has 2 unspecified atom stereocenters. The Hall–Kier alpha value is -2.18. The molecular weight excluding hydrogens is 398 g/mol. The molecular formula is C24H31NO4S. The zero-order valence-corrected chi connectivity index (χ0v) is 18.5. The Balaban J connectivity index is 1.90. The second-order valence-electron chi connectivity index (χ2n) is 8.65. The molecule has 162 valence electrons. The van der Waals surface area contributed by atoms with E-state index in [4.69, 9.17) is 4.55 Å². The van der Waals surface area contributed by atoms with E-state index in [1.807, 2.05) is 12.2 Å². The zero-order chi connectivity index (χ0) is 21.8. The van der Waals surface area contributed by atoms with Crippen LogP contribution in [0.25, 0.3) is 0 Å². The second kappa shape index (κ2) is 9.31. The monoisotopic (exact) mass is 429 g/mol. The van der Waals surface area contributed by atoms with Gasteiger partial charge in [-0.3, -0.25) is 9.35 Å². The Labute approximate surface area is 179 Å². The van der Waals surface area contributed by atoms with Crippen LogP contribution in [0.3, 0.4) is 0 Å². The number of aryl methyl sites for hydroxylation is 1. The molecule has 1 fully saturated rings. The number of benzene rings is 1. The van der Waals surface area contributed by atoms with E-state index in [2.05, 4.69) is 49.1 Å².